The molecule has 108 valence electrons. The molecule has 1 aromatic rings. The standard InChI is InChI=1S/C15H26N2O2/c1-15(2,16-3)14(17(4)5)12-9-8-11(18-6)10-13(12)19-7/h8-10,14,16H,1-7H3. The minimum Gasteiger partial charge on any atom is -0.497 e. The van der Waals surface area contributed by atoms with E-state index >= 15 is 0 Å². The molecule has 0 aliphatic rings. The van der Waals surface area contributed by atoms with Gasteiger partial charge in [0.15, 0.2) is 0 Å². The fraction of sp³-hybridized carbons (Fsp3) is 0.600. The van der Waals surface area contributed by atoms with E-state index in [1.807, 2.05) is 19.2 Å². The van der Waals surface area contributed by atoms with Gasteiger partial charge in [-0.25, -0.2) is 0 Å². The minimum absolute atomic E-state index is 0.0780. The predicted molar refractivity (Wildman–Crippen MR) is 79.1 cm³/mol. The molecule has 0 saturated heterocycles. The van der Waals surface area contributed by atoms with Gasteiger partial charge in [-0.1, -0.05) is 0 Å². The highest BCUT2D eigenvalue weighted by atomic mass is 16.5. The number of nitrogens with zero attached hydrogens (tertiary/aromatic N) is 1. The van der Waals surface area contributed by atoms with E-state index in [0.717, 1.165) is 17.1 Å². The summed E-state index contributed by atoms with van der Waals surface area (Å²) in [5.41, 5.74) is 1.07. The first-order chi connectivity index (χ1) is 8.87. The van der Waals surface area contributed by atoms with Crippen molar-refractivity contribution in [2.75, 3.05) is 35.4 Å². The zero-order valence-corrected chi connectivity index (χ0v) is 13.1. The summed E-state index contributed by atoms with van der Waals surface area (Å²) in [6, 6.07) is 6.16. The molecule has 0 heterocycles. The van der Waals surface area contributed by atoms with Crippen LogP contribution in [-0.2, 0) is 0 Å². The Morgan fingerprint density at radius 3 is 2.21 bits per heavy atom. The summed E-state index contributed by atoms with van der Waals surface area (Å²) in [6.07, 6.45) is 0. The molecule has 19 heavy (non-hydrogen) atoms. The Morgan fingerprint density at radius 2 is 1.79 bits per heavy atom. The largest absolute Gasteiger partial charge is 0.497 e. The third kappa shape index (κ3) is 3.39. The van der Waals surface area contributed by atoms with Crippen molar-refractivity contribution in [2.45, 2.75) is 25.4 Å². The Bertz CT molecular complexity index is 417. The second kappa shape index (κ2) is 6.26. The molecule has 0 aliphatic heterocycles. The Balaban J connectivity index is 3.31. The fourth-order valence-electron chi connectivity index (χ4n) is 2.49. The number of rotatable bonds is 6. The molecule has 0 spiro atoms. The average molecular weight is 266 g/mol. The van der Waals surface area contributed by atoms with Crippen molar-refractivity contribution in [1.29, 1.82) is 0 Å². The number of ether oxygens (including phenoxy) is 2. The molecule has 0 saturated carbocycles. The summed E-state index contributed by atoms with van der Waals surface area (Å²) in [6.45, 7) is 4.36. The Hall–Kier alpha value is -1.26. The molecule has 1 rings (SSSR count). The molecule has 0 bridgehead atoms. The van der Waals surface area contributed by atoms with Crippen LogP contribution in [0.3, 0.4) is 0 Å². The molecule has 0 amide bonds. The first-order valence-corrected chi connectivity index (χ1v) is 6.44. The SMILES string of the molecule is CNC(C)(C)C(c1ccc(OC)cc1OC)N(C)C. The second-order valence-corrected chi connectivity index (χ2v) is 5.45. The van der Waals surface area contributed by atoms with E-state index in [2.05, 4.69) is 44.2 Å². The quantitative estimate of drug-likeness (QED) is 0.856. The summed E-state index contributed by atoms with van der Waals surface area (Å²) in [7, 11) is 9.49. The van der Waals surface area contributed by atoms with Crippen molar-refractivity contribution in [2.24, 2.45) is 0 Å². The van der Waals surface area contributed by atoms with E-state index < -0.39 is 0 Å². The predicted octanol–water partition coefficient (Wildman–Crippen LogP) is 2.30. The molecule has 4 heteroatoms. The Morgan fingerprint density at radius 1 is 1.16 bits per heavy atom. The van der Waals surface area contributed by atoms with Crippen LogP contribution in [-0.4, -0.2) is 45.8 Å². The number of benzene rings is 1. The lowest BCUT2D eigenvalue weighted by atomic mass is 9.87. The maximum atomic E-state index is 5.52. The molecule has 0 aliphatic carbocycles. The van der Waals surface area contributed by atoms with Crippen LogP contribution in [0.1, 0.15) is 25.5 Å². The molecule has 0 aromatic heterocycles. The van der Waals surface area contributed by atoms with Crippen molar-refractivity contribution in [3.8, 4) is 11.5 Å². The molecular formula is C15H26N2O2. The highest BCUT2D eigenvalue weighted by Crippen LogP contribution is 2.37. The third-order valence-corrected chi connectivity index (χ3v) is 3.58. The van der Waals surface area contributed by atoms with Gasteiger partial charge in [0.05, 0.1) is 20.3 Å². The van der Waals surface area contributed by atoms with Crippen molar-refractivity contribution in [3.63, 3.8) is 0 Å². The number of methoxy groups -OCH3 is 2. The van der Waals surface area contributed by atoms with Gasteiger partial charge in [-0.05, 0) is 47.1 Å². The summed E-state index contributed by atoms with van der Waals surface area (Å²) >= 11 is 0. The van der Waals surface area contributed by atoms with Gasteiger partial charge in [-0.15, -0.1) is 0 Å². The van der Waals surface area contributed by atoms with Crippen LogP contribution < -0.4 is 14.8 Å². The van der Waals surface area contributed by atoms with Gasteiger partial charge in [0.1, 0.15) is 11.5 Å². The van der Waals surface area contributed by atoms with Gasteiger partial charge in [-0.3, -0.25) is 0 Å². The van der Waals surface area contributed by atoms with Crippen LogP contribution >= 0.6 is 0 Å². The first-order valence-electron chi connectivity index (χ1n) is 6.44. The number of hydrogen-bond donors (Lipinski definition) is 1. The van der Waals surface area contributed by atoms with Crippen LogP contribution in [0.15, 0.2) is 18.2 Å². The van der Waals surface area contributed by atoms with E-state index in [1.165, 1.54) is 0 Å². The molecule has 4 nitrogen and oxygen atoms in total. The van der Waals surface area contributed by atoms with Crippen molar-refractivity contribution in [1.82, 2.24) is 10.2 Å². The van der Waals surface area contributed by atoms with Crippen LogP contribution in [0.4, 0.5) is 0 Å². The Kier molecular flexibility index (Phi) is 5.20. The van der Waals surface area contributed by atoms with Gasteiger partial charge in [-0.2, -0.15) is 0 Å². The van der Waals surface area contributed by atoms with Crippen LogP contribution in [0.2, 0.25) is 0 Å². The minimum atomic E-state index is -0.0780. The third-order valence-electron chi connectivity index (χ3n) is 3.58. The zero-order valence-electron chi connectivity index (χ0n) is 13.1. The van der Waals surface area contributed by atoms with Gasteiger partial charge >= 0.3 is 0 Å². The normalized spacial score (nSPS) is 13.5. The number of hydrogen-bond acceptors (Lipinski definition) is 4. The summed E-state index contributed by atoms with van der Waals surface area (Å²) in [5.74, 6) is 1.65. The van der Waals surface area contributed by atoms with Gasteiger partial charge in [0.2, 0.25) is 0 Å². The van der Waals surface area contributed by atoms with Gasteiger partial charge in [0, 0.05) is 17.2 Å². The molecule has 1 N–H and O–H groups in total. The molecule has 1 aromatic carbocycles. The number of likely N-dealkylation sites (N-methyl/N-ethyl adjacent to an activating group) is 2. The van der Waals surface area contributed by atoms with E-state index in [-0.39, 0.29) is 11.6 Å². The maximum absolute atomic E-state index is 5.52. The highest BCUT2D eigenvalue weighted by Gasteiger charge is 2.33. The summed E-state index contributed by atoms with van der Waals surface area (Å²) in [5, 5.41) is 3.37. The Labute approximate surface area is 116 Å². The van der Waals surface area contributed by atoms with Gasteiger partial charge in [0.25, 0.3) is 0 Å². The smallest absolute Gasteiger partial charge is 0.127 e. The second-order valence-electron chi connectivity index (χ2n) is 5.45. The van der Waals surface area contributed by atoms with Crippen LogP contribution in [0.25, 0.3) is 0 Å². The lowest BCUT2D eigenvalue weighted by molar-refractivity contribution is 0.173. The fourth-order valence-corrected chi connectivity index (χ4v) is 2.49. The molecule has 1 atom stereocenters. The van der Waals surface area contributed by atoms with E-state index in [4.69, 9.17) is 9.47 Å². The van der Waals surface area contributed by atoms with E-state index in [1.54, 1.807) is 14.2 Å². The molecular weight excluding hydrogens is 240 g/mol. The molecule has 0 fully saturated rings. The van der Waals surface area contributed by atoms with Crippen molar-refractivity contribution in [3.05, 3.63) is 23.8 Å². The molecule has 0 radical (unpaired) electrons. The highest BCUT2D eigenvalue weighted by molar-refractivity contribution is 5.43. The average Bonchev–Trinajstić information content (AvgIpc) is 2.38. The van der Waals surface area contributed by atoms with Crippen molar-refractivity contribution >= 4 is 0 Å². The van der Waals surface area contributed by atoms with Crippen LogP contribution in [0, 0.1) is 0 Å². The lowest BCUT2D eigenvalue weighted by Crippen LogP contribution is -2.48. The van der Waals surface area contributed by atoms with Gasteiger partial charge < -0.3 is 19.7 Å². The maximum Gasteiger partial charge on any atom is 0.127 e. The number of nitrogens with one attached hydrogen (secondary N) is 1. The van der Waals surface area contributed by atoms with Crippen LogP contribution in [0.5, 0.6) is 11.5 Å². The van der Waals surface area contributed by atoms with Crippen molar-refractivity contribution < 1.29 is 9.47 Å². The summed E-state index contributed by atoms with van der Waals surface area (Å²) in [4.78, 5) is 2.20. The topological polar surface area (TPSA) is 33.7 Å². The molecule has 1 unspecified atom stereocenters. The first kappa shape index (κ1) is 15.8. The lowest BCUT2D eigenvalue weighted by Gasteiger charge is -2.39. The zero-order chi connectivity index (χ0) is 14.6. The monoisotopic (exact) mass is 266 g/mol. The van der Waals surface area contributed by atoms with E-state index in [9.17, 15) is 0 Å². The summed E-state index contributed by atoms with van der Waals surface area (Å²) < 4.78 is 10.8. The van der Waals surface area contributed by atoms with E-state index in [0.29, 0.717) is 0 Å².